The lowest BCUT2D eigenvalue weighted by Crippen LogP contribution is -2.28. The van der Waals surface area contributed by atoms with Crippen molar-refractivity contribution in [2.75, 3.05) is 0 Å². The third kappa shape index (κ3) is 2.62. The van der Waals surface area contributed by atoms with E-state index >= 15 is 0 Å². The number of carboxylic acid groups (broad SMARTS) is 1. The molecule has 1 atom stereocenters. The Kier molecular flexibility index (Phi) is 3.49. The molecule has 0 aromatic heterocycles. The lowest BCUT2D eigenvalue weighted by atomic mass is 10.1. The van der Waals surface area contributed by atoms with Crippen LogP contribution in [0.15, 0.2) is 0 Å². The van der Waals surface area contributed by atoms with E-state index < -0.39 is 12.1 Å². The third-order valence-electron chi connectivity index (χ3n) is 1.10. The molecule has 0 aliphatic heterocycles. The standard InChI is InChI=1S/C5H12O3Si/c1-3(2)4(8-9)5(6)7/h3-4H,1-2,9H3,(H,6,7). The first-order valence-electron chi connectivity index (χ1n) is 2.85. The first-order chi connectivity index (χ1) is 4.09. The van der Waals surface area contributed by atoms with E-state index in [-0.39, 0.29) is 5.92 Å². The van der Waals surface area contributed by atoms with Gasteiger partial charge in [0.25, 0.3) is 0 Å². The summed E-state index contributed by atoms with van der Waals surface area (Å²) in [7, 11) is 0.487. The molecular weight excluding hydrogens is 136 g/mol. The van der Waals surface area contributed by atoms with Crippen LogP contribution in [0.25, 0.3) is 0 Å². The molecule has 0 rings (SSSR count). The molecule has 0 aromatic rings. The fourth-order valence-electron chi connectivity index (χ4n) is 0.658. The molecule has 0 fully saturated rings. The van der Waals surface area contributed by atoms with E-state index in [1.807, 2.05) is 13.8 Å². The minimum absolute atomic E-state index is 0.0694. The Morgan fingerprint density at radius 1 is 1.67 bits per heavy atom. The van der Waals surface area contributed by atoms with Gasteiger partial charge in [-0.15, -0.1) is 0 Å². The second-order valence-corrected chi connectivity index (χ2v) is 2.71. The van der Waals surface area contributed by atoms with Crippen LogP contribution in [0, 0.1) is 5.92 Å². The summed E-state index contributed by atoms with van der Waals surface area (Å²) in [5, 5.41) is 8.44. The van der Waals surface area contributed by atoms with Crippen molar-refractivity contribution < 1.29 is 14.3 Å². The van der Waals surface area contributed by atoms with Crippen LogP contribution in [0.1, 0.15) is 13.8 Å². The van der Waals surface area contributed by atoms with Crippen molar-refractivity contribution in [3.63, 3.8) is 0 Å². The molecule has 0 amide bonds. The average molecular weight is 148 g/mol. The molecule has 4 heteroatoms. The van der Waals surface area contributed by atoms with Gasteiger partial charge in [0.05, 0.1) is 0 Å². The van der Waals surface area contributed by atoms with Crippen molar-refractivity contribution in [1.82, 2.24) is 0 Å². The Morgan fingerprint density at radius 2 is 2.11 bits per heavy atom. The number of carboxylic acids is 1. The molecule has 1 unspecified atom stereocenters. The summed E-state index contributed by atoms with van der Waals surface area (Å²) in [5.41, 5.74) is 0. The first kappa shape index (κ1) is 8.65. The SMILES string of the molecule is CC(C)C(O[SiH3])C(=O)O. The molecule has 0 aliphatic carbocycles. The van der Waals surface area contributed by atoms with Gasteiger partial charge in [-0.25, -0.2) is 4.79 Å². The van der Waals surface area contributed by atoms with E-state index in [1.54, 1.807) is 0 Å². The third-order valence-corrected chi connectivity index (χ3v) is 1.61. The van der Waals surface area contributed by atoms with E-state index in [0.717, 1.165) is 0 Å². The summed E-state index contributed by atoms with van der Waals surface area (Å²) in [4.78, 5) is 10.3. The highest BCUT2D eigenvalue weighted by molar-refractivity contribution is 5.99. The summed E-state index contributed by atoms with van der Waals surface area (Å²) in [6.45, 7) is 3.66. The predicted octanol–water partition coefficient (Wildman–Crippen LogP) is -0.607. The Balaban J connectivity index is 3.83. The van der Waals surface area contributed by atoms with Gasteiger partial charge in [0.15, 0.2) is 0 Å². The van der Waals surface area contributed by atoms with Crippen LogP contribution in [0.4, 0.5) is 0 Å². The Bertz CT molecular complexity index is 102. The molecule has 3 nitrogen and oxygen atoms in total. The van der Waals surface area contributed by atoms with Crippen LogP contribution >= 0.6 is 0 Å². The topological polar surface area (TPSA) is 46.5 Å². The Hall–Kier alpha value is -0.353. The average Bonchev–Trinajstić information content (AvgIpc) is 1.64. The molecule has 0 radical (unpaired) electrons. The maximum atomic E-state index is 10.3. The van der Waals surface area contributed by atoms with E-state index in [4.69, 9.17) is 9.53 Å². The van der Waals surface area contributed by atoms with Crippen LogP contribution in [0.2, 0.25) is 0 Å². The van der Waals surface area contributed by atoms with Gasteiger partial charge in [-0.1, -0.05) is 13.8 Å². The minimum Gasteiger partial charge on any atom is -0.479 e. The summed E-state index contributed by atoms with van der Waals surface area (Å²) in [6.07, 6.45) is -0.600. The number of hydrogen-bond acceptors (Lipinski definition) is 2. The molecule has 0 aromatic carbocycles. The monoisotopic (exact) mass is 148 g/mol. The Labute approximate surface area is 57.6 Å². The summed E-state index contributed by atoms with van der Waals surface area (Å²) in [6, 6.07) is 0. The van der Waals surface area contributed by atoms with Gasteiger partial charge in [-0.2, -0.15) is 0 Å². The van der Waals surface area contributed by atoms with Gasteiger partial charge in [0.1, 0.15) is 16.6 Å². The largest absolute Gasteiger partial charge is 0.479 e. The van der Waals surface area contributed by atoms with Crippen molar-refractivity contribution >= 4 is 16.5 Å². The quantitative estimate of drug-likeness (QED) is 0.543. The second-order valence-electron chi connectivity index (χ2n) is 2.24. The summed E-state index contributed by atoms with van der Waals surface area (Å²) < 4.78 is 4.81. The lowest BCUT2D eigenvalue weighted by Gasteiger charge is -2.13. The highest BCUT2D eigenvalue weighted by atomic mass is 28.2. The molecular formula is C5H12O3Si. The molecule has 0 saturated carbocycles. The smallest absolute Gasteiger partial charge is 0.331 e. The van der Waals surface area contributed by atoms with Gasteiger partial charge in [0, 0.05) is 0 Å². The lowest BCUT2D eigenvalue weighted by molar-refractivity contribution is -0.146. The molecule has 54 valence electrons. The number of rotatable bonds is 3. The van der Waals surface area contributed by atoms with Crippen LogP contribution < -0.4 is 0 Å². The fourth-order valence-corrected chi connectivity index (χ4v) is 1.40. The summed E-state index contributed by atoms with van der Waals surface area (Å²) in [5.74, 6) is -0.792. The highest BCUT2D eigenvalue weighted by Crippen LogP contribution is 2.03. The predicted molar refractivity (Wildman–Crippen MR) is 37.3 cm³/mol. The zero-order valence-electron chi connectivity index (χ0n) is 5.92. The molecule has 0 aliphatic rings. The number of hydrogen-bond donors (Lipinski definition) is 1. The van der Waals surface area contributed by atoms with Crippen LogP contribution in [-0.2, 0) is 9.22 Å². The Morgan fingerprint density at radius 3 is 2.11 bits per heavy atom. The molecule has 0 spiro atoms. The molecule has 1 N–H and O–H groups in total. The maximum absolute atomic E-state index is 10.3. The van der Waals surface area contributed by atoms with E-state index in [9.17, 15) is 4.79 Å². The second kappa shape index (κ2) is 3.63. The maximum Gasteiger partial charge on any atom is 0.331 e. The van der Waals surface area contributed by atoms with E-state index in [0.29, 0.717) is 10.5 Å². The van der Waals surface area contributed by atoms with Gasteiger partial charge in [-0.05, 0) is 5.92 Å². The van der Waals surface area contributed by atoms with E-state index in [1.165, 1.54) is 0 Å². The van der Waals surface area contributed by atoms with Crippen molar-refractivity contribution in [3.05, 3.63) is 0 Å². The van der Waals surface area contributed by atoms with Crippen LogP contribution in [0.3, 0.4) is 0 Å². The normalized spacial score (nSPS) is 14.1. The highest BCUT2D eigenvalue weighted by Gasteiger charge is 2.18. The zero-order valence-corrected chi connectivity index (χ0v) is 7.92. The van der Waals surface area contributed by atoms with Crippen molar-refractivity contribution in [2.24, 2.45) is 5.92 Å². The molecule has 0 bridgehead atoms. The van der Waals surface area contributed by atoms with E-state index in [2.05, 4.69) is 0 Å². The van der Waals surface area contributed by atoms with Crippen molar-refractivity contribution in [3.8, 4) is 0 Å². The number of aliphatic carboxylic acids is 1. The van der Waals surface area contributed by atoms with Crippen molar-refractivity contribution in [2.45, 2.75) is 20.0 Å². The first-order valence-corrected chi connectivity index (χ1v) is 3.66. The van der Waals surface area contributed by atoms with Gasteiger partial charge in [0.2, 0.25) is 0 Å². The minimum atomic E-state index is -0.861. The van der Waals surface area contributed by atoms with Gasteiger partial charge < -0.3 is 9.53 Å². The number of carbonyl (C=O) groups is 1. The van der Waals surface area contributed by atoms with Gasteiger partial charge >= 0.3 is 5.97 Å². The van der Waals surface area contributed by atoms with Crippen molar-refractivity contribution in [1.29, 1.82) is 0 Å². The van der Waals surface area contributed by atoms with Crippen LogP contribution in [0.5, 0.6) is 0 Å². The van der Waals surface area contributed by atoms with Gasteiger partial charge in [-0.3, -0.25) is 0 Å². The fraction of sp³-hybridized carbons (Fsp3) is 0.800. The zero-order chi connectivity index (χ0) is 7.44. The molecule has 0 saturated heterocycles. The summed E-state index contributed by atoms with van der Waals surface area (Å²) >= 11 is 0. The van der Waals surface area contributed by atoms with Crippen LogP contribution in [-0.4, -0.2) is 27.7 Å². The molecule has 9 heavy (non-hydrogen) atoms. The molecule has 0 heterocycles.